The first-order valence-corrected chi connectivity index (χ1v) is 4.73. The molecule has 0 aliphatic heterocycles. The summed E-state index contributed by atoms with van der Waals surface area (Å²) in [4.78, 5) is 0. The summed E-state index contributed by atoms with van der Waals surface area (Å²) in [6.45, 7) is -0.231. The lowest BCUT2D eigenvalue weighted by molar-refractivity contribution is 0.112. The van der Waals surface area contributed by atoms with Gasteiger partial charge in [-0.05, 0) is 0 Å². The summed E-state index contributed by atoms with van der Waals surface area (Å²) < 4.78 is 10.8. The van der Waals surface area contributed by atoms with Gasteiger partial charge in [-0.3, -0.25) is 0 Å². The second-order valence-electron chi connectivity index (χ2n) is 2.03. The third kappa shape index (κ3) is 6.34. The topological polar surface area (TPSA) is 89.8 Å². The molecule has 0 radical (unpaired) electrons. The number of nitrogens with one attached hydrogen (secondary N) is 1. The Morgan fingerprint density at radius 2 is 2.09 bits per heavy atom. The highest BCUT2D eigenvalue weighted by Gasteiger charge is 2.19. The lowest BCUT2D eigenvalue weighted by Crippen LogP contribution is -2.19. The molecule has 0 aromatic carbocycles. The summed E-state index contributed by atoms with van der Waals surface area (Å²) in [7, 11) is -1.70. The van der Waals surface area contributed by atoms with Crippen LogP contribution in [-0.2, 0) is 4.57 Å². The summed E-state index contributed by atoms with van der Waals surface area (Å²) in [5.74, 6) is 0. The molecule has 0 aromatic heterocycles. The molecular weight excluding hydrogens is 169 g/mol. The second kappa shape index (κ2) is 6.64. The Morgan fingerprint density at radius 1 is 1.45 bits per heavy atom. The van der Waals surface area contributed by atoms with Crippen LogP contribution in [0.3, 0.4) is 0 Å². The van der Waals surface area contributed by atoms with E-state index in [1.165, 1.54) is 0 Å². The Bertz CT molecular complexity index is 121. The number of rotatable bonds is 6. The fourth-order valence-electron chi connectivity index (χ4n) is 0.488. The number of aliphatic hydroxyl groups excluding tert-OH is 3. The Kier molecular flexibility index (Phi) is 6.60. The number of hydrogen-bond donors (Lipinski definition) is 4. The van der Waals surface area contributed by atoms with Crippen molar-refractivity contribution in [2.24, 2.45) is 0 Å². The van der Waals surface area contributed by atoms with E-state index in [-0.39, 0.29) is 25.9 Å². The Balaban J connectivity index is 3.36. The zero-order valence-corrected chi connectivity index (χ0v) is 7.00. The molecule has 0 rings (SSSR count). The maximum Gasteiger partial charge on any atom is 0.435 e. The summed E-state index contributed by atoms with van der Waals surface area (Å²) >= 11 is 0. The van der Waals surface area contributed by atoms with Gasteiger partial charge in [-0.25, -0.2) is 0 Å². The highest BCUT2D eigenvalue weighted by molar-refractivity contribution is 7.42. The van der Waals surface area contributed by atoms with Gasteiger partial charge in [0.25, 0.3) is 0 Å². The molecule has 0 aromatic rings. The molecule has 0 spiro atoms. The minimum atomic E-state index is -1.70. The van der Waals surface area contributed by atoms with Crippen LogP contribution >= 0.6 is 7.95 Å². The van der Waals surface area contributed by atoms with Crippen molar-refractivity contribution in [1.82, 2.24) is 5.09 Å². The lowest BCUT2D eigenvalue weighted by atomic mass is 10.4. The van der Waals surface area contributed by atoms with Crippen LogP contribution in [0.5, 0.6) is 0 Å². The molecule has 0 heterocycles. The third-order valence-electron chi connectivity index (χ3n) is 0.987. The zero-order chi connectivity index (χ0) is 8.69. The Morgan fingerprint density at radius 3 is 2.55 bits per heavy atom. The summed E-state index contributed by atoms with van der Waals surface area (Å²) in [6.07, 6.45) is -0.920. The number of hydrogen-bond acceptors (Lipinski definition) is 4. The molecule has 0 aliphatic rings. The van der Waals surface area contributed by atoms with Crippen molar-refractivity contribution in [2.75, 3.05) is 25.9 Å². The third-order valence-corrected chi connectivity index (χ3v) is 2.32. The van der Waals surface area contributed by atoms with Gasteiger partial charge in [0.1, 0.15) is 6.10 Å². The van der Waals surface area contributed by atoms with Crippen LogP contribution in [0.1, 0.15) is 0 Å². The monoisotopic (exact) mass is 182 g/mol. The van der Waals surface area contributed by atoms with E-state index in [2.05, 4.69) is 5.09 Å². The molecular formula is C5H13NO4P+. The fourth-order valence-corrected chi connectivity index (χ4v) is 1.47. The van der Waals surface area contributed by atoms with Gasteiger partial charge in [0.15, 0.2) is 6.16 Å². The van der Waals surface area contributed by atoms with E-state index in [9.17, 15) is 4.57 Å². The van der Waals surface area contributed by atoms with Gasteiger partial charge < -0.3 is 15.3 Å². The van der Waals surface area contributed by atoms with Gasteiger partial charge in [-0.2, -0.15) is 0 Å². The minimum absolute atomic E-state index is 0.0197. The summed E-state index contributed by atoms with van der Waals surface area (Å²) in [6, 6.07) is 0. The largest absolute Gasteiger partial charge is 0.435 e. The van der Waals surface area contributed by atoms with Crippen molar-refractivity contribution in [3.8, 4) is 0 Å². The van der Waals surface area contributed by atoms with Crippen LogP contribution < -0.4 is 5.09 Å². The van der Waals surface area contributed by atoms with Crippen molar-refractivity contribution in [3.63, 3.8) is 0 Å². The highest BCUT2D eigenvalue weighted by atomic mass is 31.1. The maximum absolute atomic E-state index is 10.8. The standard InChI is InChI=1S/C5H13NO4P/c7-2-1-6-11(10)4-5(9)3-8/h5,7-9H,1-4H2,(H,6,10)/q+1. The van der Waals surface area contributed by atoms with Gasteiger partial charge in [0, 0.05) is 0 Å². The minimum Gasteiger partial charge on any atom is -0.395 e. The van der Waals surface area contributed by atoms with Gasteiger partial charge in [0.2, 0.25) is 0 Å². The van der Waals surface area contributed by atoms with Gasteiger partial charge in [0.05, 0.1) is 19.8 Å². The highest BCUT2D eigenvalue weighted by Crippen LogP contribution is 2.14. The molecule has 0 saturated heterocycles. The molecule has 0 aliphatic carbocycles. The second-order valence-corrected chi connectivity index (χ2v) is 3.47. The molecule has 0 bridgehead atoms. The molecule has 0 amide bonds. The zero-order valence-electron chi connectivity index (χ0n) is 6.10. The molecule has 2 unspecified atom stereocenters. The predicted molar refractivity (Wildman–Crippen MR) is 40.7 cm³/mol. The number of aliphatic hydroxyl groups is 3. The van der Waals surface area contributed by atoms with Gasteiger partial charge in [-0.15, -0.1) is 5.09 Å². The smallest absolute Gasteiger partial charge is 0.395 e. The lowest BCUT2D eigenvalue weighted by Gasteiger charge is -1.97. The van der Waals surface area contributed by atoms with Crippen LogP contribution in [0, 0.1) is 0 Å². The van der Waals surface area contributed by atoms with Crippen molar-refractivity contribution >= 4 is 7.95 Å². The summed E-state index contributed by atoms with van der Waals surface area (Å²) in [5, 5.41) is 27.9. The average Bonchev–Trinajstić information content (AvgIpc) is 2.00. The molecule has 2 atom stereocenters. The van der Waals surface area contributed by atoms with Gasteiger partial charge >= 0.3 is 7.95 Å². The molecule has 4 N–H and O–H groups in total. The van der Waals surface area contributed by atoms with Crippen molar-refractivity contribution in [1.29, 1.82) is 0 Å². The van der Waals surface area contributed by atoms with E-state index in [1.54, 1.807) is 0 Å². The summed E-state index contributed by atoms with van der Waals surface area (Å²) in [5.41, 5.74) is 0. The SMILES string of the molecule is O=[P+](CC(O)CO)NCCO. The van der Waals surface area contributed by atoms with Gasteiger partial charge in [-0.1, -0.05) is 4.57 Å². The van der Waals surface area contributed by atoms with Crippen LogP contribution in [0.4, 0.5) is 0 Å². The Labute approximate surface area is 65.9 Å². The van der Waals surface area contributed by atoms with Crippen LogP contribution in [-0.4, -0.2) is 47.3 Å². The first-order valence-electron chi connectivity index (χ1n) is 3.28. The van der Waals surface area contributed by atoms with Crippen LogP contribution in [0.2, 0.25) is 0 Å². The normalized spacial score (nSPS) is 14.6. The molecule has 6 heteroatoms. The van der Waals surface area contributed by atoms with E-state index in [0.717, 1.165) is 0 Å². The van der Waals surface area contributed by atoms with Crippen molar-refractivity contribution in [3.05, 3.63) is 0 Å². The van der Waals surface area contributed by atoms with Crippen LogP contribution in [0.25, 0.3) is 0 Å². The predicted octanol–water partition coefficient (Wildman–Crippen LogP) is -1.34. The van der Waals surface area contributed by atoms with E-state index in [1.807, 2.05) is 0 Å². The molecule has 0 fully saturated rings. The van der Waals surface area contributed by atoms with Crippen LogP contribution in [0.15, 0.2) is 0 Å². The quantitative estimate of drug-likeness (QED) is 0.382. The Hall–Kier alpha value is -0.0600. The molecule has 66 valence electrons. The molecule has 5 nitrogen and oxygen atoms in total. The molecule has 0 saturated carbocycles. The van der Waals surface area contributed by atoms with E-state index >= 15 is 0 Å². The van der Waals surface area contributed by atoms with E-state index < -0.39 is 14.1 Å². The van der Waals surface area contributed by atoms with E-state index in [4.69, 9.17) is 15.3 Å². The molecule has 11 heavy (non-hydrogen) atoms. The van der Waals surface area contributed by atoms with Crippen molar-refractivity contribution in [2.45, 2.75) is 6.10 Å². The maximum atomic E-state index is 10.8. The first kappa shape index (κ1) is 10.9. The van der Waals surface area contributed by atoms with E-state index in [0.29, 0.717) is 0 Å². The first-order chi connectivity index (χ1) is 5.20. The average molecular weight is 182 g/mol. The fraction of sp³-hybridized carbons (Fsp3) is 1.00. The van der Waals surface area contributed by atoms with Crippen molar-refractivity contribution < 1.29 is 19.9 Å².